The van der Waals surface area contributed by atoms with Crippen LogP contribution >= 0.6 is 0 Å². The molecule has 2 aromatic carbocycles. The number of aliphatic carboxylic acids is 1. The van der Waals surface area contributed by atoms with Crippen LogP contribution in [0.15, 0.2) is 42.5 Å². The van der Waals surface area contributed by atoms with Crippen molar-refractivity contribution in [3.8, 4) is 5.75 Å². The number of ether oxygens (including phenoxy) is 1. The van der Waals surface area contributed by atoms with E-state index >= 15 is 0 Å². The van der Waals surface area contributed by atoms with Crippen LogP contribution in [0.2, 0.25) is 0 Å². The Balaban J connectivity index is 2.33. The highest BCUT2D eigenvalue weighted by atomic mass is 19.1. The van der Waals surface area contributed by atoms with E-state index in [1.165, 1.54) is 43.5 Å². The fraction of sp³-hybridized carbons (Fsp3) is 0.188. The van der Waals surface area contributed by atoms with Gasteiger partial charge in [0.15, 0.2) is 11.6 Å². The van der Waals surface area contributed by atoms with Crippen molar-refractivity contribution < 1.29 is 23.4 Å². The Bertz CT molecular complexity index is 638. The van der Waals surface area contributed by atoms with Gasteiger partial charge in [-0.3, -0.25) is 4.79 Å². The molecule has 3 nitrogen and oxygen atoms in total. The molecule has 1 N–H and O–H groups in total. The lowest BCUT2D eigenvalue weighted by atomic mass is 9.91. The summed E-state index contributed by atoms with van der Waals surface area (Å²) in [4.78, 5) is 11.4. The summed E-state index contributed by atoms with van der Waals surface area (Å²) < 4.78 is 31.9. The maximum Gasteiger partial charge on any atom is 0.311 e. The van der Waals surface area contributed by atoms with Gasteiger partial charge in [-0.05, 0) is 35.7 Å². The number of halogens is 2. The fourth-order valence-electron chi connectivity index (χ4n) is 2.13. The number of methoxy groups -OCH3 is 1. The molecule has 0 saturated heterocycles. The van der Waals surface area contributed by atoms with Gasteiger partial charge in [0.05, 0.1) is 13.0 Å². The molecule has 2 rings (SSSR count). The van der Waals surface area contributed by atoms with E-state index in [-0.39, 0.29) is 17.7 Å². The number of carboxylic acid groups (broad SMARTS) is 1. The van der Waals surface area contributed by atoms with E-state index in [0.717, 1.165) is 0 Å². The molecule has 0 spiro atoms. The predicted octanol–water partition coefficient (Wildman–Crippen LogP) is 3.38. The van der Waals surface area contributed by atoms with E-state index in [1.807, 2.05) is 0 Å². The number of carboxylic acids is 1. The first-order valence-corrected chi connectivity index (χ1v) is 6.32. The minimum atomic E-state index is -1.09. The maximum absolute atomic E-state index is 14.1. The van der Waals surface area contributed by atoms with Crippen molar-refractivity contribution in [1.82, 2.24) is 0 Å². The van der Waals surface area contributed by atoms with E-state index in [4.69, 9.17) is 4.74 Å². The molecule has 110 valence electrons. The lowest BCUT2D eigenvalue weighted by molar-refractivity contribution is -0.138. The standard InChI is InChI=1S/C16H14F2O3/c1-21-14-4-2-3-11(15(14)18)9-13(16(19)20)10-5-7-12(17)8-6-10/h2-8,13H,9H2,1H3,(H,19,20). The van der Waals surface area contributed by atoms with Crippen molar-refractivity contribution in [2.24, 2.45) is 0 Å². The first kappa shape index (κ1) is 15.0. The van der Waals surface area contributed by atoms with Crippen LogP contribution in [0.3, 0.4) is 0 Å². The van der Waals surface area contributed by atoms with Crippen LogP contribution in [0.1, 0.15) is 17.0 Å². The molecule has 0 aliphatic heterocycles. The summed E-state index contributed by atoms with van der Waals surface area (Å²) in [6, 6.07) is 9.74. The number of hydrogen-bond acceptors (Lipinski definition) is 2. The number of benzene rings is 2. The Morgan fingerprint density at radius 2 is 1.86 bits per heavy atom. The molecule has 0 heterocycles. The van der Waals surface area contributed by atoms with Gasteiger partial charge in [-0.15, -0.1) is 0 Å². The largest absolute Gasteiger partial charge is 0.494 e. The van der Waals surface area contributed by atoms with E-state index in [2.05, 4.69) is 0 Å². The van der Waals surface area contributed by atoms with Crippen molar-refractivity contribution >= 4 is 5.97 Å². The van der Waals surface area contributed by atoms with Crippen molar-refractivity contribution in [2.75, 3.05) is 7.11 Å². The second-order valence-electron chi connectivity index (χ2n) is 4.58. The van der Waals surface area contributed by atoms with Crippen LogP contribution in [-0.4, -0.2) is 18.2 Å². The first-order chi connectivity index (χ1) is 10.0. The smallest absolute Gasteiger partial charge is 0.311 e. The van der Waals surface area contributed by atoms with Gasteiger partial charge in [-0.1, -0.05) is 24.3 Å². The molecule has 21 heavy (non-hydrogen) atoms. The van der Waals surface area contributed by atoms with Crippen LogP contribution in [0.4, 0.5) is 8.78 Å². The van der Waals surface area contributed by atoms with Crippen LogP contribution < -0.4 is 4.74 Å². The Hall–Kier alpha value is -2.43. The molecule has 0 amide bonds. The summed E-state index contributed by atoms with van der Waals surface area (Å²) in [6.07, 6.45) is -0.0377. The monoisotopic (exact) mass is 292 g/mol. The highest BCUT2D eigenvalue weighted by molar-refractivity contribution is 5.76. The third kappa shape index (κ3) is 3.37. The van der Waals surface area contributed by atoms with Crippen LogP contribution in [-0.2, 0) is 11.2 Å². The van der Waals surface area contributed by atoms with Crippen molar-refractivity contribution in [2.45, 2.75) is 12.3 Å². The lowest BCUT2D eigenvalue weighted by Crippen LogP contribution is -2.15. The topological polar surface area (TPSA) is 46.5 Å². The van der Waals surface area contributed by atoms with E-state index in [1.54, 1.807) is 6.07 Å². The quantitative estimate of drug-likeness (QED) is 0.919. The van der Waals surface area contributed by atoms with E-state index in [9.17, 15) is 18.7 Å². The molecule has 5 heteroatoms. The molecule has 0 aliphatic rings. The summed E-state index contributed by atoms with van der Waals surface area (Å²) in [5.74, 6) is -3.00. The van der Waals surface area contributed by atoms with Gasteiger partial charge in [0.2, 0.25) is 0 Å². The Kier molecular flexibility index (Phi) is 4.52. The Morgan fingerprint density at radius 3 is 2.43 bits per heavy atom. The van der Waals surface area contributed by atoms with Crippen molar-refractivity contribution in [1.29, 1.82) is 0 Å². The minimum absolute atomic E-state index is 0.0377. The maximum atomic E-state index is 14.1. The van der Waals surface area contributed by atoms with Crippen molar-refractivity contribution in [3.05, 3.63) is 65.2 Å². The second kappa shape index (κ2) is 6.35. The van der Waals surface area contributed by atoms with Crippen LogP contribution in [0.5, 0.6) is 5.75 Å². The average molecular weight is 292 g/mol. The van der Waals surface area contributed by atoms with Gasteiger partial charge in [0, 0.05) is 0 Å². The number of hydrogen-bond donors (Lipinski definition) is 1. The molecule has 1 atom stereocenters. The molecule has 0 aliphatic carbocycles. The molecule has 0 aromatic heterocycles. The Labute approximate surface area is 120 Å². The van der Waals surface area contributed by atoms with E-state index < -0.39 is 23.5 Å². The van der Waals surface area contributed by atoms with Crippen LogP contribution in [0, 0.1) is 11.6 Å². The minimum Gasteiger partial charge on any atom is -0.494 e. The van der Waals surface area contributed by atoms with Gasteiger partial charge < -0.3 is 9.84 Å². The molecular weight excluding hydrogens is 278 g/mol. The third-order valence-corrected chi connectivity index (χ3v) is 3.26. The highest BCUT2D eigenvalue weighted by Gasteiger charge is 2.22. The van der Waals surface area contributed by atoms with Gasteiger partial charge in [0.1, 0.15) is 5.82 Å². The molecule has 0 fully saturated rings. The molecular formula is C16H14F2O3. The molecule has 1 unspecified atom stereocenters. The van der Waals surface area contributed by atoms with Gasteiger partial charge in [-0.2, -0.15) is 0 Å². The molecule has 0 radical (unpaired) electrons. The van der Waals surface area contributed by atoms with Gasteiger partial charge >= 0.3 is 5.97 Å². The highest BCUT2D eigenvalue weighted by Crippen LogP contribution is 2.27. The normalized spacial score (nSPS) is 12.0. The zero-order valence-electron chi connectivity index (χ0n) is 11.3. The second-order valence-corrected chi connectivity index (χ2v) is 4.58. The van der Waals surface area contributed by atoms with Gasteiger partial charge in [0.25, 0.3) is 0 Å². The Morgan fingerprint density at radius 1 is 1.19 bits per heavy atom. The summed E-state index contributed by atoms with van der Waals surface area (Å²) in [7, 11) is 1.34. The summed E-state index contributed by atoms with van der Waals surface area (Å²) >= 11 is 0. The predicted molar refractivity (Wildman–Crippen MR) is 73.4 cm³/mol. The average Bonchev–Trinajstić information content (AvgIpc) is 2.47. The molecule has 2 aromatic rings. The lowest BCUT2D eigenvalue weighted by Gasteiger charge is -2.14. The molecule has 0 saturated carbocycles. The van der Waals surface area contributed by atoms with E-state index in [0.29, 0.717) is 5.56 Å². The third-order valence-electron chi connectivity index (χ3n) is 3.26. The summed E-state index contributed by atoms with van der Waals surface area (Å²) in [5.41, 5.74) is 0.664. The summed E-state index contributed by atoms with van der Waals surface area (Å²) in [5, 5.41) is 9.33. The SMILES string of the molecule is COc1cccc(CC(C(=O)O)c2ccc(F)cc2)c1F. The molecule has 0 bridgehead atoms. The number of rotatable bonds is 5. The first-order valence-electron chi connectivity index (χ1n) is 6.32. The zero-order valence-corrected chi connectivity index (χ0v) is 11.3. The van der Waals surface area contributed by atoms with Crippen molar-refractivity contribution in [3.63, 3.8) is 0 Å². The zero-order chi connectivity index (χ0) is 15.4. The van der Waals surface area contributed by atoms with Gasteiger partial charge in [-0.25, -0.2) is 8.78 Å². The number of carbonyl (C=O) groups is 1. The fourth-order valence-corrected chi connectivity index (χ4v) is 2.13. The summed E-state index contributed by atoms with van der Waals surface area (Å²) in [6.45, 7) is 0. The van der Waals surface area contributed by atoms with Crippen LogP contribution in [0.25, 0.3) is 0 Å².